The lowest BCUT2D eigenvalue weighted by molar-refractivity contribution is -0.189. The molecule has 5 unspecified atom stereocenters. The summed E-state index contributed by atoms with van der Waals surface area (Å²) in [7, 11) is 0. The van der Waals surface area contributed by atoms with Crippen molar-refractivity contribution in [3.8, 4) is 0 Å². The topological polar surface area (TPSA) is 61.8 Å². The van der Waals surface area contributed by atoms with Crippen LogP contribution in [0.1, 0.15) is 20.8 Å². The van der Waals surface area contributed by atoms with Gasteiger partial charge in [-0.1, -0.05) is 22.9 Å². The third-order valence-corrected chi connectivity index (χ3v) is 3.71. The van der Waals surface area contributed by atoms with Crippen LogP contribution < -0.4 is 0 Å². The van der Waals surface area contributed by atoms with Gasteiger partial charge in [-0.05, 0) is 0 Å². The van der Waals surface area contributed by atoms with Crippen LogP contribution in [0.3, 0.4) is 0 Å². The quantitative estimate of drug-likeness (QED) is 0.582. The molecule has 5 nitrogen and oxygen atoms in total. The summed E-state index contributed by atoms with van der Waals surface area (Å²) in [5, 5.41) is -0.464. The highest BCUT2D eigenvalue weighted by Crippen LogP contribution is 2.33. The summed E-state index contributed by atoms with van der Waals surface area (Å²) in [6, 6.07) is 0. The second-order valence-corrected chi connectivity index (χ2v) is 5.11. The molecule has 0 amide bonds. The number of hydrogen-bond donors (Lipinski definition) is 0. The van der Waals surface area contributed by atoms with Gasteiger partial charge in [-0.15, -0.1) is 0 Å². The van der Waals surface area contributed by atoms with Crippen molar-refractivity contribution in [3.05, 3.63) is 0 Å². The van der Waals surface area contributed by atoms with E-state index in [9.17, 15) is 14.0 Å². The first-order valence-corrected chi connectivity index (χ1v) is 6.48. The van der Waals surface area contributed by atoms with E-state index < -0.39 is 35.3 Å². The number of carbonyl (C=O) groups is 2. The molecule has 0 spiro atoms. The summed E-state index contributed by atoms with van der Waals surface area (Å²) in [4.78, 5) is 21.7. The molecule has 1 saturated heterocycles. The number of hydrogen-bond acceptors (Lipinski definition) is 5. The Morgan fingerprint density at radius 3 is 2.44 bits per heavy atom. The minimum absolute atomic E-state index is 0.205. The fourth-order valence-electron chi connectivity index (χ4n) is 1.71. The molecule has 104 valence electrons. The van der Waals surface area contributed by atoms with Crippen molar-refractivity contribution >= 4 is 27.9 Å². The minimum atomic E-state index is -1.53. The van der Waals surface area contributed by atoms with Crippen LogP contribution in [0.2, 0.25) is 0 Å². The number of esters is 2. The van der Waals surface area contributed by atoms with Gasteiger partial charge < -0.3 is 14.2 Å². The van der Waals surface area contributed by atoms with Crippen LogP contribution in [0.25, 0.3) is 0 Å². The van der Waals surface area contributed by atoms with Crippen LogP contribution in [-0.4, -0.2) is 41.9 Å². The Balaban J connectivity index is 2.70. The Morgan fingerprint density at radius 1 is 1.33 bits per heavy atom. The number of alkyl halides is 2. The van der Waals surface area contributed by atoms with Crippen LogP contribution in [0.15, 0.2) is 0 Å². The maximum Gasteiger partial charge on any atom is 0.303 e. The largest absolute Gasteiger partial charge is 0.463 e. The van der Waals surface area contributed by atoms with E-state index in [1.54, 1.807) is 6.92 Å². The molecule has 0 saturated carbocycles. The van der Waals surface area contributed by atoms with E-state index in [0.29, 0.717) is 0 Å². The van der Waals surface area contributed by atoms with E-state index in [4.69, 9.17) is 14.2 Å². The van der Waals surface area contributed by atoms with Crippen molar-refractivity contribution < 1.29 is 28.2 Å². The van der Waals surface area contributed by atoms with Crippen LogP contribution in [-0.2, 0) is 23.8 Å². The second-order valence-electron chi connectivity index (χ2n) is 4.21. The van der Waals surface area contributed by atoms with Gasteiger partial charge in [0.1, 0.15) is 23.8 Å². The first-order chi connectivity index (χ1) is 8.32. The van der Waals surface area contributed by atoms with Gasteiger partial charge in [-0.2, -0.15) is 0 Å². The summed E-state index contributed by atoms with van der Waals surface area (Å²) in [6.07, 6.45) is -3.39. The number of rotatable bonds is 3. The lowest BCUT2D eigenvalue weighted by Crippen LogP contribution is -2.53. The summed E-state index contributed by atoms with van der Waals surface area (Å²) in [5.74, 6) is -1.40. The maximum atomic E-state index is 14.1. The molecule has 1 fully saturated rings. The molecule has 1 aliphatic heterocycles. The Hall–Kier alpha value is -0.690. The molecule has 0 aromatic carbocycles. The molecule has 1 aliphatic rings. The van der Waals surface area contributed by atoms with Crippen molar-refractivity contribution in [2.24, 2.45) is 5.92 Å². The zero-order valence-corrected chi connectivity index (χ0v) is 12.0. The molecule has 0 aromatic rings. The Kier molecular flexibility index (Phi) is 5.52. The van der Waals surface area contributed by atoms with Gasteiger partial charge in [0.25, 0.3) is 0 Å². The van der Waals surface area contributed by atoms with Gasteiger partial charge in [-0.25, -0.2) is 4.39 Å². The van der Waals surface area contributed by atoms with E-state index in [-0.39, 0.29) is 12.5 Å². The number of carbonyl (C=O) groups excluding carboxylic acids is 2. The Bertz CT molecular complexity index is 325. The maximum absolute atomic E-state index is 14.1. The Morgan fingerprint density at radius 2 is 1.94 bits per heavy atom. The van der Waals surface area contributed by atoms with Crippen LogP contribution in [0.4, 0.5) is 4.39 Å². The van der Waals surface area contributed by atoms with Gasteiger partial charge in [-0.3, -0.25) is 9.59 Å². The molecule has 0 aliphatic carbocycles. The summed E-state index contributed by atoms with van der Waals surface area (Å²) in [6.45, 7) is 3.96. The van der Waals surface area contributed by atoms with E-state index in [1.807, 2.05) is 0 Å². The number of ether oxygens (including phenoxy) is 3. The average molecular weight is 327 g/mol. The first-order valence-electron chi connectivity index (χ1n) is 5.57. The van der Waals surface area contributed by atoms with E-state index >= 15 is 0 Å². The van der Waals surface area contributed by atoms with E-state index in [2.05, 4.69) is 15.9 Å². The fraction of sp³-hybridized carbons (Fsp3) is 0.818. The van der Waals surface area contributed by atoms with Crippen molar-refractivity contribution in [2.75, 3.05) is 6.61 Å². The monoisotopic (exact) mass is 326 g/mol. The standard InChI is InChI=1S/C11H16BrFO5/c1-5-10(17-7(3)15)9(13)8(18-11(5)12)4-16-6(2)14/h5,8-11H,4H2,1-3H3. The van der Waals surface area contributed by atoms with Gasteiger partial charge >= 0.3 is 11.9 Å². The van der Waals surface area contributed by atoms with Crippen LogP contribution >= 0.6 is 15.9 Å². The van der Waals surface area contributed by atoms with E-state index in [1.165, 1.54) is 13.8 Å². The SMILES string of the molecule is CC(=O)OCC1OC(Br)C(C)C(OC(C)=O)C1F. The summed E-state index contributed by atoms with van der Waals surface area (Å²) < 4.78 is 29.2. The molecule has 7 heteroatoms. The van der Waals surface area contributed by atoms with Crippen molar-refractivity contribution in [1.29, 1.82) is 0 Å². The predicted octanol–water partition coefficient (Wildman–Crippen LogP) is 1.58. The lowest BCUT2D eigenvalue weighted by Gasteiger charge is -2.39. The van der Waals surface area contributed by atoms with Gasteiger partial charge in [0.2, 0.25) is 0 Å². The van der Waals surface area contributed by atoms with Crippen molar-refractivity contribution in [2.45, 2.75) is 44.2 Å². The molecule has 1 rings (SSSR count). The molecule has 18 heavy (non-hydrogen) atoms. The predicted molar refractivity (Wildman–Crippen MR) is 63.8 cm³/mol. The van der Waals surface area contributed by atoms with Crippen molar-refractivity contribution in [3.63, 3.8) is 0 Å². The molecule has 1 heterocycles. The van der Waals surface area contributed by atoms with Crippen LogP contribution in [0, 0.1) is 5.92 Å². The third kappa shape index (κ3) is 3.91. The molecule has 0 bridgehead atoms. The molecular formula is C11H16BrFO5. The summed E-state index contributed by atoms with van der Waals surface area (Å²) in [5.41, 5.74) is 0. The summed E-state index contributed by atoms with van der Waals surface area (Å²) >= 11 is 3.24. The van der Waals surface area contributed by atoms with Gasteiger partial charge in [0, 0.05) is 19.8 Å². The highest BCUT2D eigenvalue weighted by atomic mass is 79.9. The Labute approximate surface area is 113 Å². The van der Waals surface area contributed by atoms with Crippen molar-refractivity contribution in [1.82, 2.24) is 0 Å². The lowest BCUT2D eigenvalue weighted by atomic mass is 9.95. The molecule has 0 radical (unpaired) electrons. The molecular weight excluding hydrogens is 311 g/mol. The molecule has 5 atom stereocenters. The fourth-order valence-corrected chi connectivity index (χ4v) is 2.29. The molecule has 0 N–H and O–H groups in total. The first kappa shape index (κ1) is 15.4. The normalized spacial score (nSPS) is 35.9. The molecule has 0 aromatic heterocycles. The highest BCUT2D eigenvalue weighted by molar-refractivity contribution is 9.09. The van der Waals surface area contributed by atoms with Gasteiger partial charge in [0.15, 0.2) is 6.17 Å². The average Bonchev–Trinajstić information content (AvgIpc) is 2.27. The van der Waals surface area contributed by atoms with Crippen LogP contribution in [0.5, 0.6) is 0 Å². The number of halogens is 2. The highest BCUT2D eigenvalue weighted by Gasteiger charge is 2.45. The zero-order chi connectivity index (χ0) is 13.9. The zero-order valence-electron chi connectivity index (χ0n) is 10.4. The third-order valence-electron chi connectivity index (χ3n) is 2.66. The van der Waals surface area contributed by atoms with E-state index in [0.717, 1.165) is 0 Å². The smallest absolute Gasteiger partial charge is 0.303 e. The minimum Gasteiger partial charge on any atom is -0.463 e. The second kappa shape index (κ2) is 6.47. The van der Waals surface area contributed by atoms with Gasteiger partial charge in [0.05, 0.1) is 0 Å².